The highest BCUT2D eigenvalue weighted by Crippen LogP contribution is 1.96. The Kier molecular flexibility index (Phi) is 7.39. The number of amides is 2. The van der Waals surface area contributed by atoms with Crippen molar-refractivity contribution in [2.75, 3.05) is 19.6 Å². The first-order valence-corrected chi connectivity index (χ1v) is 4.92. The molecule has 78 valence electrons. The van der Waals surface area contributed by atoms with Crippen molar-refractivity contribution in [2.24, 2.45) is 11.7 Å². The van der Waals surface area contributed by atoms with Crippen LogP contribution in [0.5, 0.6) is 0 Å². The zero-order valence-corrected chi connectivity index (χ0v) is 8.60. The van der Waals surface area contributed by atoms with Crippen LogP contribution in [0.15, 0.2) is 0 Å². The average Bonchev–Trinajstić information content (AvgIpc) is 2.12. The SMILES string of the molecule is CCCNC(=O)NCC(C)CCN. The largest absolute Gasteiger partial charge is 0.338 e. The van der Waals surface area contributed by atoms with Crippen molar-refractivity contribution >= 4 is 6.03 Å². The zero-order valence-electron chi connectivity index (χ0n) is 8.60. The van der Waals surface area contributed by atoms with Crippen molar-refractivity contribution in [2.45, 2.75) is 26.7 Å². The molecule has 0 bridgehead atoms. The lowest BCUT2D eigenvalue weighted by Crippen LogP contribution is -2.38. The molecule has 0 saturated heterocycles. The van der Waals surface area contributed by atoms with E-state index in [1.165, 1.54) is 0 Å². The molecular weight excluding hydrogens is 166 g/mol. The van der Waals surface area contributed by atoms with Gasteiger partial charge in [0, 0.05) is 13.1 Å². The fourth-order valence-corrected chi connectivity index (χ4v) is 0.955. The zero-order chi connectivity index (χ0) is 10.1. The van der Waals surface area contributed by atoms with E-state index in [2.05, 4.69) is 17.6 Å². The lowest BCUT2D eigenvalue weighted by Gasteiger charge is -2.11. The number of rotatable bonds is 6. The molecule has 4 nitrogen and oxygen atoms in total. The Morgan fingerprint density at radius 1 is 1.46 bits per heavy atom. The molecule has 0 aliphatic carbocycles. The number of nitrogens with two attached hydrogens (primary N) is 1. The van der Waals surface area contributed by atoms with Crippen molar-refractivity contribution < 1.29 is 4.79 Å². The maximum atomic E-state index is 11.1. The molecule has 0 aromatic heterocycles. The second kappa shape index (κ2) is 7.86. The van der Waals surface area contributed by atoms with E-state index in [1.807, 2.05) is 6.92 Å². The Balaban J connectivity index is 3.34. The van der Waals surface area contributed by atoms with Gasteiger partial charge in [0.15, 0.2) is 0 Å². The van der Waals surface area contributed by atoms with E-state index in [9.17, 15) is 4.79 Å². The molecule has 1 atom stereocenters. The maximum Gasteiger partial charge on any atom is 0.314 e. The van der Waals surface area contributed by atoms with E-state index in [4.69, 9.17) is 5.73 Å². The summed E-state index contributed by atoms with van der Waals surface area (Å²) in [5, 5.41) is 5.54. The van der Waals surface area contributed by atoms with Crippen LogP contribution in [0.2, 0.25) is 0 Å². The molecule has 0 aliphatic rings. The summed E-state index contributed by atoms with van der Waals surface area (Å²) in [6.07, 6.45) is 1.92. The standard InChI is InChI=1S/C9H21N3O/c1-3-6-11-9(13)12-7-8(2)4-5-10/h8H,3-7,10H2,1-2H3,(H2,11,12,13). The summed E-state index contributed by atoms with van der Waals surface area (Å²) < 4.78 is 0. The highest BCUT2D eigenvalue weighted by atomic mass is 16.2. The van der Waals surface area contributed by atoms with E-state index in [0.29, 0.717) is 19.0 Å². The molecule has 4 N–H and O–H groups in total. The second-order valence-electron chi connectivity index (χ2n) is 3.32. The van der Waals surface area contributed by atoms with E-state index in [-0.39, 0.29) is 6.03 Å². The van der Waals surface area contributed by atoms with Gasteiger partial charge < -0.3 is 16.4 Å². The van der Waals surface area contributed by atoms with Gasteiger partial charge in [0.1, 0.15) is 0 Å². The number of carbonyl (C=O) groups excluding carboxylic acids is 1. The third kappa shape index (κ3) is 7.59. The van der Waals surface area contributed by atoms with E-state index in [0.717, 1.165) is 19.4 Å². The number of hydrogen-bond donors (Lipinski definition) is 3. The summed E-state index contributed by atoms with van der Waals surface area (Å²) >= 11 is 0. The van der Waals surface area contributed by atoms with Crippen molar-refractivity contribution in [3.63, 3.8) is 0 Å². The predicted octanol–water partition coefficient (Wildman–Crippen LogP) is 0.681. The third-order valence-electron chi connectivity index (χ3n) is 1.81. The molecule has 0 spiro atoms. The molecule has 0 rings (SSSR count). The first kappa shape index (κ1) is 12.2. The van der Waals surface area contributed by atoms with Crippen LogP contribution in [0.1, 0.15) is 26.7 Å². The molecule has 4 heteroatoms. The van der Waals surface area contributed by atoms with Crippen LogP contribution in [0, 0.1) is 5.92 Å². The molecule has 0 aromatic carbocycles. The first-order chi connectivity index (χ1) is 6.20. The highest BCUT2D eigenvalue weighted by Gasteiger charge is 2.02. The fraction of sp³-hybridized carbons (Fsp3) is 0.889. The minimum absolute atomic E-state index is 0.0780. The molecular formula is C9H21N3O. The van der Waals surface area contributed by atoms with Gasteiger partial charge in [0.05, 0.1) is 0 Å². The molecule has 0 saturated carbocycles. The Labute approximate surface area is 80.3 Å². The third-order valence-corrected chi connectivity index (χ3v) is 1.81. The van der Waals surface area contributed by atoms with Crippen molar-refractivity contribution in [3.8, 4) is 0 Å². The molecule has 13 heavy (non-hydrogen) atoms. The number of hydrogen-bond acceptors (Lipinski definition) is 2. The quantitative estimate of drug-likeness (QED) is 0.572. The number of nitrogens with one attached hydrogen (secondary N) is 2. The average molecular weight is 187 g/mol. The van der Waals surface area contributed by atoms with Crippen LogP contribution in [0.25, 0.3) is 0 Å². The minimum Gasteiger partial charge on any atom is -0.338 e. The summed E-state index contributed by atoms with van der Waals surface area (Å²) in [6.45, 7) is 6.22. The highest BCUT2D eigenvalue weighted by molar-refractivity contribution is 5.73. The summed E-state index contributed by atoms with van der Waals surface area (Å²) in [4.78, 5) is 11.1. The van der Waals surface area contributed by atoms with Crippen LogP contribution in [-0.2, 0) is 0 Å². The van der Waals surface area contributed by atoms with Gasteiger partial charge >= 0.3 is 6.03 Å². The van der Waals surface area contributed by atoms with Gasteiger partial charge in [0.2, 0.25) is 0 Å². The molecule has 0 heterocycles. The van der Waals surface area contributed by atoms with Gasteiger partial charge in [-0.15, -0.1) is 0 Å². The normalized spacial score (nSPS) is 12.2. The summed E-state index contributed by atoms with van der Waals surface area (Å²) in [7, 11) is 0. The molecule has 0 radical (unpaired) electrons. The fourth-order valence-electron chi connectivity index (χ4n) is 0.955. The van der Waals surface area contributed by atoms with Gasteiger partial charge in [-0.25, -0.2) is 4.79 Å². The lowest BCUT2D eigenvalue weighted by atomic mass is 10.1. The Hall–Kier alpha value is -0.770. The molecule has 2 amide bonds. The smallest absolute Gasteiger partial charge is 0.314 e. The van der Waals surface area contributed by atoms with Gasteiger partial charge in [-0.05, 0) is 25.3 Å². The Morgan fingerprint density at radius 3 is 2.69 bits per heavy atom. The molecule has 0 aromatic rings. The summed E-state index contributed by atoms with van der Waals surface area (Å²) in [5.41, 5.74) is 5.39. The van der Waals surface area contributed by atoms with Crippen LogP contribution >= 0.6 is 0 Å². The number of urea groups is 1. The van der Waals surface area contributed by atoms with Gasteiger partial charge in [0.25, 0.3) is 0 Å². The predicted molar refractivity (Wildman–Crippen MR) is 54.5 cm³/mol. The van der Waals surface area contributed by atoms with Gasteiger partial charge in [-0.3, -0.25) is 0 Å². The first-order valence-electron chi connectivity index (χ1n) is 4.92. The number of carbonyl (C=O) groups is 1. The van der Waals surface area contributed by atoms with Gasteiger partial charge in [-0.2, -0.15) is 0 Å². The van der Waals surface area contributed by atoms with E-state index < -0.39 is 0 Å². The summed E-state index contributed by atoms with van der Waals surface area (Å²) in [6, 6.07) is -0.0780. The van der Waals surface area contributed by atoms with Crippen LogP contribution < -0.4 is 16.4 Å². The summed E-state index contributed by atoms with van der Waals surface area (Å²) in [5.74, 6) is 0.456. The van der Waals surface area contributed by atoms with E-state index in [1.54, 1.807) is 0 Å². The van der Waals surface area contributed by atoms with Crippen LogP contribution in [0.3, 0.4) is 0 Å². The monoisotopic (exact) mass is 187 g/mol. The minimum atomic E-state index is -0.0780. The molecule has 0 aliphatic heterocycles. The topological polar surface area (TPSA) is 67.2 Å². The van der Waals surface area contributed by atoms with E-state index >= 15 is 0 Å². The molecule has 0 fully saturated rings. The molecule has 1 unspecified atom stereocenters. The maximum absolute atomic E-state index is 11.1. The Bertz CT molecular complexity index is 139. The van der Waals surface area contributed by atoms with Gasteiger partial charge in [-0.1, -0.05) is 13.8 Å². The second-order valence-corrected chi connectivity index (χ2v) is 3.32. The van der Waals surface area contributed by atoms with Crippen LogP contribution in [0.4, 0.5) is 4.79 Å². The van der Waals surface area contributed by atoms with Crippen LogP contribution in [-0.4, -0.2) is 25.7 Å². The van der Waals surface area contributed by atoms with Crippen molar-refractivity contribution in [3.05, 3.63) is 0 Å². The Morgan fingerprint density at radius 2 is 2.15 bits per heavy atom. The lowest BCUT2D eigenvalue weighted by molar-refractivity contribution is 0.239. The van der Waals surface area contributed by atoms with Crippen molar-refractivity contribution in [1.29, 1.82) is 0 Å². The van der Waals surface area contributed by atoms with Crippen molar-refractivity contribution in [1.82, 2.24) is 10.6 Å².